The van der Waals surface area contributed by atoms with Crippen LogP contribution in [0.5, 0.6) is 0 Å². The minimum atomic E-state index is -0.184. The van der Waals surface area contributed by atoms with Gasteiger partial charge in [0.05, 0.1) is 12.2 Å². The zero-order chi connectivity index (χ0) is 18.9. The van der Waals surface area contributed by atoms with E-state index < -0.39 is 0 Å². The highest BCUT2D eigenvalue weighted by atomic mass is 127. The molecule has 2 aromatic rings. The number of halogens is 2. The molecule has 0 saturated heterocycles. The van der Waals surface area contributed by atoms with Gasteiger partial charge in [-0.3, -0.25) is 4.99 Å². The molecule has 1 atom stereocenters. The van der Waals surface area contributed by atoms with Crippen LogP contribution in [0, 0.1) is 5.82 Å². The summed E-state index contributed by atoms with van der Waals surface area (Å²) in [6.45, 7) is 3.44. The molecular weight excluding hydrogens is 478 g/mol. The summed E-state index contributed by atoms with van der Waals surface area (Å²) < 4.78 is 18.5. The molecule has 1 aromatic heterocycles. The molecule has 1 unspecified atom stereocenters. The number of ether oxygens (including phenoxy) is 1. The summed E-state index contributed by atoms with van der Waals surface area (Å²) in [5.74, 6) is 0.634. The molecule has 0 radical (unpaired) electrons. The predicted octanol–water partition coefficient (Wildman–Crippen LogP) is 4.25. The second-order valence-electron chi connectivity index (χ2n) is 6.12. The van der Waals surface area contributed by atoms with Crippen LogP contribution in [-0.4, -0.2) is 43.6 Å². The number of nitrogens with zero attached hydrogens (tertiary/aromatic N) is 3. The average Bonchev–Trinajstić information content (AvgIpc) is 3.09. The molecule has 27 heavy (non-hydrogen) atoms. The number of benzene rings is 1. The molecule has 5 nitrogen and oxygen atoms in total. The molecule has 2 rings (SSSR count). The molecule has 0 aliphatic heterocycles. The Kier molecular flexibility index (Phi) is 10.8. The molecule has 150 valence electrons. The molecule has 0 spiro atoms. The number of aryl methyl sites for hydroxylation is 1. The van der Waals surface area contributed by atoms with Crippen LogP contribution < -0.4 is 5.32 Å². The maximum atomic E-state index is 13.2. The highest BCUT2D eigenvalue weighted by molar-refractivity contribution is 14.0. The van der Waals surface area contributed by atoms with Crippen molar-refractivity contribution in [1.29, 1.82) is 0 Å². The van der Waals surface area contributed by atoms with E-state index in [4.69, 9.17) is 4.74 Å². The van der Waals surface area contributed by atoms with E-state index in [-0.39, 0.29) is 35.9 Å². The van der Waals surface area contributed by atoms with E-state index in [1.807, 2.05) is 24.9 Å². The van der Waals surface area contributed by atoms with Crippen molar-refractivity contribution < 1.29 is 9.13 Å². The number of aliphatic imine (C=N–C) groups is 1. The van der Waals surface area contributed by atoms with Crippen molar-refractivity contribution in [1.82, 2.24) is 15.2 Å². The lowest BCUT2D eigenvalue weighted by Crippen LogP contribution is -2.39. The summed E-state index contributed by atoms with van der Waals surface area (Å²) in [4.78, 5) is 11.0. The molecular formula is C19H28FIN4OS. The highest BCUT2D eigenvalue weighted by Gasteiger charge is 2.12. The zero-order valence-corrected chi connectivity index (χ0v) is 19.4. The van der Waals surface area contributed by atoms with Crippen molar-refractivity contribution in [3.8, 4) is 0 Å². The third kappa shape index (κ3) is 7.71. The van der Waals surface area contributed by atoms with Gasteiger partial charge in [0, 0.05) is 33.1 Å². The number of guanidine groups is 1. The third-order valence-corrected chi connectivity index (χ3v) is 5.11. The first-order valence-corrected chi connectivity index (χ1v) is 9.54. The Balaban J connectivity index is 0.00000364. The van der Waals surface area contributed by atoms with Gasteiger partial charge in [-0.05, 0) is 37.5 Å². The minimum absolute atomic E-state index is 0. The first kappa shape index (κ1) is 23.8. The summed E-state index contributed by atoms with van der Waals surface area (Å²) in [5, 5.41) is 6.38. The van der Waals surface area contributed by atoms with Gasteiger partial charge in [-0.1, -0.05) is 12.1 Å². The quantitative estimate of drug-likeness (QED) is 0.252. The number of nitrogens with one attached hydrogen (secondary N) is 1. The lowest BCUT2D eigenvalue weighted by Gasteiger charge is -2.21. The summed E-state index contributed by atoms with van der Waals surface area (Å²) in [6, 6.07) is 6.75. The Morgan fingerprint density at radius 1 is 1.44 bits per heavy atom. The molecule has 1 N–H and O–H groups in total. The number of aromatic nitrogens is 1. The number of hydrogen-bond acceptors (Lipinski definition) is 4. The SMILES string of the molecule is CN=C(NCCCc1cccc(F)c1)N(C)Cc1csc(C(C)OC)n1.I. The highest BCUT2D eigenvalue weighted by Crippen LogP contribution is 2.20. The van der Waals surface area contributed by atoms with Gasteiger partial charge in [-0.2, -0.15) is 0 Å². The molecule has 0 aliphatic carbocycles. The van der Waals surface area contributed by atoms with Crippen LogP contribution in [0.25, 0.3) is 0 Å². The fourth-order valence-corrected chi connectivity index (χ4v) is 3.41. The first-order valence-electron chi connectivity index (χ1n) is 8.66. The van der Waals surface area contributed by atoms with E-state index in [1.54, 1.807) is 37.6 Å². The molecule has 0 fully saturated rings. The van der Waals surface area contributed by atoms with Crippen LogP contribution in [0.4, 0.5) is 4.39 Å². The van der Waals surface area contributed by atoms with E-state index in [0.717, 1.165) is 41.6 Å². The van der Waals surface area contributed by atoms with Crippen LogP contribution in [0.1, 0.15) is 35.7 Å². The van der Waals surface area contributed by atoms with Crippen LogP contribution in [0.2, 0.25) is 0 Å². The van der Waals surface area contributed by atoms with Crippen molar-refractivity contribution in [2.45, 2.75) is 32.4 Å². The molecule has 8 heteroatoms. The van der Waals surface area contributed by atoms with Gasteiger partial charge in [0.25, 0.3) is 0 Å². The van der Waals surface area contributed by atoms with Crippen molar-refractivity contribution in [3.63, 3.8) is 0 Å². The lowest BCUT2D eigenvalue weighted by molar-refractivity contribution is 0.119. The van der Waals surface area contributed by atoms with E-state index >= 15 is 0 Å². The maximum Gasteiger partial charge on any atom is 0.193 e. The molecule has 0 amide bonds. The van der Waals surface area contributed by atoms with E-state index in [2.05, 4.69) is 20.7 Å². The van der Waals surface area contributed by atoms with Gasteiger partial charge >= 0.3 is 0 Å². The topological polar surface area (TPSA) is 49.8 Å². The first-order chi connectivity index (χ1) is 12.5. The Morgan fingerprint density at radius 3 is 2.89 bits per heavy atom. The Labute approximate surface area is 182 Å². The second-order valence-corrected chi connectivity index (χ2v) is 7.01. The van der Waals surface area contributed by atoms with Gasteiger partial charge in [0.15, 0.2) is 5.96 Å². The van der Waals surface area contributed by atoms with Crippen LogP contribution in [0.3, 0.4) is 0 Å². The van der Waals surface area contributed by atoms with Crippen LogP contribution in [-0.2, 0) is 17.7 Å². The summed E-state index contributed by atoms with van der Waals surface area (Å²) >= 11 is 1.61. The van der Waals surface area contributed by atoms with E-state index in [9.17, 15) is 4.39 Å². The maximum absolute atomic E-state index is 13.2. The fraction of sp³-hybridized carbons (Fsp3) is 0.474. The molecule has 0 aliphatic rings. The molecule has 1 heterocycles. The summed E-state index contributed by atoms with van der Waals surface area (Å²) in [6.07, 6.45) is 1.75. The van der Waals surface area contributed by atoms with Gasteiger partial charge in [-0.15, -0.1) is 35.3 Å². The monoisotopic (exact) mass is 506 g/mol. The second kappa shape index (κ2) is 12.2. The summed E-state index contributed by atoms with van der Waals surface area (Å²) in [7, 11) is 5.44. The third-order valence-electron chi connectivity index (χ3n) is 4.06. The zero-order valence-electron chi connectivity index (χ0n) is 16.2. The number of thiazole rings is 1. The predicted molar refractivity (Wildman–Crippen MR) is 121 cm³/mol. The van der Waals surface area contributed by atoms with Crippen molar-refractivity contribution in [2.24, 2.45) is 4.99 Å². The summed E-state index contributed by atoms with van der Waals surface area (Å²) in [5.41, 5.74) is 2.01. The molecule has 1 aromatic carbocycles. The number of rotatable bonds is 8. The lowest BCUT2D eigenvalue weighted by atomic mass is 10.1. The Morgan fingerprint density at radius 2 is 2.22 bits per heavy atom. The Hall–Kier alpha value is -1.26. The van der Waals surface area contributed by atoms with Gasteiger partial charge in [-0.25, -0.2) is 9.37 Å². The Bertz CT molecular complexity index is 725. The van der Waals surface area contributed by atoms with Crippen molar-refractivity contribution >= 4 is 41.3 Å². The largest absolute Gasteiger partial charge is 0.375 e. The molecule has 0 bridgehead atoms. The van der Waals surface area contributed by atoms with Gasteiger partial charge in [0.1, 0.15) is 16.9 Å². The standard InChI is InChI=1S/C19H27FN4OS.HI/c1-14(25-4)18-23-17(13-26-18)12-24(3)19(21-2)22-10-6-8-15-7-5-9-16(20)11-15;/h5,7,9,11,13-14H,6,8,10,12H2,1-4H3,(H,21,22);1H. The minimum Gasteiger partial charge on any atom is -0.375 e. The normalized spacial score (nSPS) is 12.4. The van der Waals surface area contributed by atoms with Gasteiger partial charge < -0.3 is 15.0 Å². The van der Waals surface area contributed by atoms with Crippen molar-refractivity contribution in [2.75, 3.05) is 27.7 Å². The van der Waals surface area contributed by atoms with E-state index in [0.29, 0.717) is 6.54 Å². The van der Waals surface area contributed by atoms with Gasteiger partial charge in [0.2, 0.25) is 0 Å². The fourth-order valence-electron chi connectivity index (χ4n) is 2.57. The number of hydrogen-bond donors (Lipinski definition) is 1. The van der Waals surface area contributed by atoms with E-state index in [1.165, 1.54) is 6.07 Å². The van der Waals surface area contributed by atoms with Crippen LogP contribution in [0.15, 0.2) is 34.6 Å². The number of methoxy groups -OCH3 is 1. The van der Waals surface area contributed by atoms with Crippen LogP contribution >= 0.6 is 35.3 Å². The smallest absolute Gasteiger partial charge is 0.193 e. The van der Waals surface area contributed by atoms with Crippen molar-refractivity contribution in [3.05, 3.63) is 51.7 Å². The molecule has 0 saturated carbocycles. The average molecular weight is 506 g/mol.